The molecule has 0 spiro atoms. The van der Waals surface area contributed by atoms with Crippen LogP contribution in [0.1, 0.15) is 18.1 Å². The van der Waals surface area contributed by atoms with E-state index >= 15 is 0 Å². The number of hydrogen-bond acceptors (Lipinski definition) is 4. The predicted octanol–water partition coefficient (Wildman–Crippen LogP) is 2.82. The molecular formula is C23H28N2O4. The largest absolute Gasteiger partial charge is 0.445 e. The Morgan fingerprint density at radius 2 is 1.66 bits per heavy atom. The van der Waals surface area contributed by atoms with Crippen molar-refractivity contribution in [2.75, 3.05) is 13.2 Å². The van der Waals surface area contributed by atoms with E-state index in [1.807, 2.05) is 73.7 Å². The predicted molar refractivity (Wildman–Crippen MR) is 112 cm³/mol. The van der Waals surface area contributed by atoms with Crippen molar-refractivity contribution >= 4 is 12.0 Å². The van der Waals surface area contributed by atoms with Crippen molar-refractivity contribution in [1.82, 2.24) is 10.6 Å². The van der Waals surface area contributed by atoms with Gasteiger partial charge in [-0.3, -0.25) is 4.79 Å². The zero-order valence-corrected chi connectivity index (χ0v) is 16.6. The van der Waals surface area contributed by atoms with E-state index in [-0.39, 0.29) is 25.0 Å². The highest BCUT2D eigenvalue weighted by atomic mass is 16.5. The van der Waals surface area contributed by atoms with Gasteiger partial charge in [-0.25, -0.2) is 4.79 Å². The molecule has 0 aliphatic heterocycles. The Hall–Kier alpha value is -3.12. The first-order valence-corrected chi connectivity index (χ1v) is 9.65. The Labute approximate surface area is 171 Å². The molecular weight excluding hydrogens is 368 g/mol. The molecule has 2 aromatic rings. The second kappa shape index (κ2) is 12.4. The Morgan fingerprint density at radius 1 is 1.03 bits per heavy atom. The van der Waals surface area contributed by atoms with Gasteiger partial charge in [0.2, 0.25) is 5.91 Å². The lowest BCUT2D eigenvalue weighted by Gasteiger charge is -2.18. The van der Waals surface area contributed by atoms with Crippen LogP contribution in [0.2, 0.25) is 0 Å². The Kier molecular flexibility index (Phi) is 9.45. The number of amides is 2. The van der Waals surface area contributed by atoms with Gasteiger partial charge < -0.3 is 20.5 Å². The number of nitrogens with one attached hydrogen (secondary N) is 2. The molecule has 0 bridgehead atoms. The highest BCUT2D eigenvalue weighted by Gasteiger charge is 2.21. The molecule has 0 heterocycles. The maximum Gasteiger partial charge on any atom is 0.408 e. The summed E-state index contributed by atoms with van der Waals surface area (Å²) in [4.78, 5) is 24.8. The minimum Gasteiger partial charge on any atom is -0.445 e. The highest BCUT2D eigenvalue weighted by Crippen LogP contribution is 2.05. The maximum atomic E-state index is 12.6. The van der Waals surface area contributed by atoms with Crippen LogP contribution < -0.4 is 10.6 Å². The minimum atomic E-state index is -0.760. The van der Waals surface area contributed by atoms with Crippen LogP contribution in [-0.4, -0.2) is 36.3 Å². The van der Waals surface area contributed by atoms with Gasteiger partial charge in [0.25, 0.3) is 0 Å². The van der Waals surface area contributed by atoms with Crippen molar-refractivity contribution in [3.05, 3.63) is 83.9 Å². The molecule has 6 nitrogen and oxygen atoms in total. The van der Waals surface area contributed by atoms with Crippen LogP contribution >= 0.6 is 0 Å². The number of hydrogen-bond donors (Lipinski definition) is 3. The van der Waals surface area contributed by atoms with Crippen molar-refractivity contribution < 1.29 is 19.4 Å². The summed E-state index contributed by atoms with van der Waals surface area (Å²) in [6.07, 6.45) is 3.32. The molecule has 2 atom stereocenters. The lowest BCUT2D eigenvalue weighted by atomic mass is 10.1. The highest BCUT2D eigenvalue weighted by molar-refractivity contribution is 5.86. The summed E-state index contributed by atoms with van der Waals surface area (Å²) in [7, 11) is 0. The first kappa shape index (κ1) is 22.2. The van der Waals surface area contributed by atoms with E-state index in [0.717, 1.165) is 11.1 Å². The third kappa shape index (κ3) is 8.62. The standard InChI is InChI=1S/C23H28N2O4/c1-18(16-26)9-8-14-24-22(27)21(15-19-10-4-2-5-11-19)25-23(28)29-17-20-12-6-3-7-13-20/h2-13,18,21,26H,14-17H2,1H3,(H,24,27)(H,25,28)/b9-8+. The lowest BCUT2D eigenvalue weighted by molar-refractivity contribution is -0.122. The van der Waals surface area contributed by atoms with Gasteiger partial charge in [0.1, 0.15) is 12.6 Å². The van der Waals surface area contributed by atoms with Gasteiger partial charge in [-0.15, -0.1) is 0 Å². The zero-order chi connectivity index (χ0) is 20.9. The molecule has 0 radical (unpaired) electrons. The van der Waals surface area contributed by atoms with Crippen molar-refractivity contribution in [1.29, 1.82) is 0 Å². The summed E-state index contributed by atoms with van der Waals surface area (Å²) in [6.45, 7) is 2.38. The SMILES string of the molecule is CC(/C=C/CNC(=O)C(Cc1ccccc1)NC(=O)OCc1ccccc1)CO. The number of carbonyl (C=O) groups is 2. The number of ether oxygens (including phenoxy) is 1. The molecule has 154 valence electrons. The number of aliphatic hydroxyl groups is 1. The lowest BCUT2D eigenvalue weighted by Crippen LogP contribution is -2.48. The topological polar surface area (TPSA) is 87.7 Å². The van der Waals surface area contributed by atoms with E-state index < -0.39 is 12.1 Å². The molecule has 2 unspecified atom stereocenters. The molecule has 3 N–H and O–H groups in total. The molecule has 29 heavy (non-hydrogen) atoms. The second-order valence-corrected chi connectivity index (χ2v) is 6.78. The summed E-state index contributed by atoms with van der Waals surface area (Å²) in [5, 5.41) is 14.5. The summed E-state index contributed by atoms with van der Waals surface area (Å²) in [6, 6.07) is 18.1. The monoisotopic (exact) mass is 396 g/mol. The van der Waals surface area contributed by atoms with Gasteiger partial charge >= 0.3 is 6.09 Å². The van der Waals surface area contributed by atoms with Crippen LogP contribution in [-0.2, 0) is 22.6 Å². The molecule has 0 saturated carbocycles. The third-order valence-electron chi connectivity index (χ3n) is 4.25. The number of carbonyl (C=O) groups excluding carboxylic acids is 2. The average molecular weight is 396 g/mol. The third-order valence-corrected chi connectivity index (χ3v) is 4.25. The molecule has 0 aliphatic carbocycles. The molecule has 0 saturated heterocycles. The van der Waals surface area contributed by atoms with Crippen molar-refractivity contribution in [3.63, 3.8) is 0 Å². The Balaban J connectivity index is 1.93. The fourth-order valence-electron chi connectivity index (χ4n) is 2.61. The minimum absolute atomic E-state index is 0.0260. The van der Waals surface area contributed by atoms with Crippen molar-refractivity contribution in [3.8, 4) is 0 Å². The average Bonchev–Trinajstić information content (AvgIpc) is 2.76. The first-order valence-electron chi connectivity index (χ1n) is 9.65. The molecule has 0 fully saturated rings. The van der Waals surface area contributed by atoms with Gasteiger partial charge in [-0.1, -0.05) is 79.7 Å². The fraction of sp³-hybridized carbons (Fsp3) is 0.304. The summed E-state index contributed by atoms with van der Waals surface area (Å²) in [5.41, 5.74) is 1.80. The van der Waals surface area contributed by atoms with Crippen molar-refractivity contribution in [2.24, 2.45) is 5.92 Å². The van der Waals surface area contributed by atoms with Crippen LogP contribution in [0, 0.1) is 5.92 Å². The van der Waals surface area contributed by atoms with E-state index in [2.05, 4.69) is 10.6 Å². The van der Waals surface area contributed by atoms with E-state index in [0.29, 0.717) is 13.0 Å². The Bertz CT molecular complexity index is 778. The van der Waals surface area contributed by atoms with E-state index in [4.69, 9.17) is 9.84 Å². The van der Waals surface area contributed by atoms with E-state index in [1.54, 1.807) is 6.08 Å². The van der Waals surface area contributed by atoms with Gasteiger partial charge in [0, 0.05) is 19.6 Å². The molecule has 2 amide bonds. The fourth-order valence-corrected chi connectivity index (χ4v) is 2.61. The van der Waals surface area contributed by atoms with Gasteiger partial charge in [0.05, 0.1) is 0 Å². The number of rotatable bonds is 10. The molecule has 6 heteroatoms. The van der Waals surface area contributed by atoms with Gasteiger partial charge in [-0.05, 0) is 17.0 Å². The van der Waals surface area contributed by atoms with Crippen LogP contribution in [0.25, 0.3) is 0 Å². The molecule has 2 rings (SSSR count). The van der Waals surface area contributed by atoms with Gasteiger partial charge in [-0.2, -0.15) is 0 Å². The summed E-state index contributed by atoms with van der Waals surface area (Å²) in [5.74, 6) is -0.273. The van der Waals surface area contributed by atoms with Crippen LogP contribution in [0.3, 0.4) is 0 Å². The van der Waals surface area contributed by atoms with Crippen LogP contribution in [0.4, 0.5) is 4.79 Å². The normalized spacial score (nSPS) is 12.9. The first-order chi connectivity index (χ1) is 14.1. The maximum absolute atomic E-state index is 12.6. The van der Waals surface area contributed by atoms with E-state index in [1.165, 1.54) is 0 Å². The van der Waals surface area contributed by atoms with E-state index in [9.17, 15) is 9.59 Å². The molecule has 0 aliphatic rings. The second-order valence-electron chi connectivity index (χ2n) is 6.78. The number of aliphatic hydroxyl groups excluding tert-OH is 1. The summed E-state index contributed by atoms with van der Waals surface area (Å²) >= 11 is 0. The van der Waals surface area contributed by atoms with Gasteiger partial charge in [0.15, 0.2) is 0 Å². The van der Waals surface area contributed by atoms with Crippen molar-refractivity contribution in [2.45, 2.75) is 26.0 Å². The molecule has 2 aromatic carbocycles. The smallest absolute Gasteiger partial charge is 0.408 e. The number of alkyl carbamates (subject to hydrolysis) is 1. The number of benzene rings is 2. The summed E-state index contributed by atoms with van der Waals surface area (Å²) < 4.78 is 5.25. The zero-order valence-electron chi connectivity index (χ0n) is 16.6. The molecule has 0 aromatic heterocycles. The van der Waals surface area contributed by atoms with Crippen LogP contribution in [0.5, 0.6) is 0 Å². The Morgan fingerprint density at radius 3 is 2.28 bits per heavy atom. The van der Waals surface area contributed by atoms with Crippen LogP contribution in [0.15, 0.2) is 72.8 Å². The quantitative estimate of drug-likeness (QED) is 0.539.